The van der Waals surface area contributed by atoms with Gasteiger partial charge in [0, 0.05) is 42.1 Å². The Morgan fingerprint density at radius 3 is 2.76 bits per heavy atom. The number of amides is 2. The summed E-state index contributed by atoms with van der Waals surface area (Å²) in [6, 6.07) is 13.2. The molecule has 0 unspecified atom stereocenters. The number of aryl methyl sites for hydroxylation is 1. The maximum atomic E-state index is 14.6. The molecule has 3 aliphatic heterocycles. The fourth-order valence-electron chi connectivity index (χ4n) is 7.63. The highest BCUT2D eigenvalue weighted by Crippen LogP contribution is 2.42. The smallest absolute Gasteiger partial charge is 0.286 e. The highest BCUT2D eigenvalue weighted by Gasteiger charge is 2.38. The SMILES string of the molecule is CO[C@H]1/C=C/C[C@H](C)C[S@@](=O)(NC(=O)c2cc3c(s2)CCOC3)=NC(=O)c2ccc3c(c2)N(Cc2ccc(Cl)cc2CCCCO3)C[C@@H]2CC[C@H]21. The second-order valence-electron chi connectivity index (χ2n) is 14.2. The van der Waals surface area contributed by atoms with Gasteiger partial charge in [-0.2, -0.15) is 0 Å². The van der Waals surface area contributed by atoms with Crippen LogP contribution in [-0.2, 0) is 45.4 Å². The van der Waals surface area contributed by atoms with E-state index >= 15 is 0 Å². The van der Waals surface area contributed by atoms with E-state index in [2.05, 4.69) is 38.3 Å². The third-order valence-corrected chi connectivity index (χ3v) is 14.0. The molecule has 4 aliphatic rings. The van der Waals surface area contributed by atoms with E-state index < -0.39 is 21.7 Å². The van der Waals surface area contributed by atoms with Crippen LogP contribution in [0.2, 0.25) is 5.02 Å². The van der Waals surface area contributed by atoms with Gasteiger partial charge in [-0.25, -0.2) is 4.21 Å². The van der Waals surface area contributed by atoms with Crippen LogP contribution in [-0.4, -0.2) is 54.7 Å². The highest BCUT2D eigenvalue weighted by molar-refractivity contribution is 7.92. The van der Waals surface area contributed by atoms with Gasteiger partial charge in [0.25, 0.3) is 11.8 Å². The molecule has 1 N–H and O–H groups in total. The van der Waals surface area contributed by atoms with Crippen LogP contribution in [0.15, 0.2) is 59.0 Å². The Kier molecular flexibility index (Phi) is 11.2. The normalized spacial score (nSPS) is 27.6. The molecular formula is C39H46ClN3O6S2. The second-order valence-corrected chi connectivity index (χ2v) is 17.8. The first-order valence-corrected chi connectivity index (χ1v) is 20.8. The lowest BCUT2D eigenvalue weighted by Crippen LogP contribution is -2.43. The molecule has 1 aromatic heterocycles. The van der Waals surface area contributed by atoms with Gasteiger partial charge in [0.15, 0.2) is 0 Å². The Morgan fingerprint density at radius 2 is 1.96 bits per heavy atom. The summed E-state index contributed by atoms with van der Waals surface area (Å²) in [5, 5.41) is 0.717. The molecule has 5 atom stereocenters. The van der Waals surface area contributed by atoms with Gasteiger partial charge in [-0.1, -0.05) is 36.7 Å². The van der Waals surface area contributed by atoms with Crippen LogP contribution in [0.3, 0.4) is 0 Å². The van der Waals surface area contributed by atoms with Crippen LogP contribution in [0.5, 0.6) is 5.75 Å². The molecule has 3 aromatic rings. The Labute approximate surface area is 310 Å². The lowest BCUT2D eigenvalue weighted by Gasteiger charge is -2.43. The predicted octanol–water partition coefficient (Wildman–Crippen LogP) is 7.79. The zero-order chi connectivity index (χ0) is 35.5. The summed E-state index contributed by atoms with van der Waals surface area (Å²) in [6.07, 6.45) is 10.3. The minimum atomic E-state index is -3.52. The lowest BCUT2D eigenvalue weighted by molar-refractivity contribution is 0.0133. The molecule has 2 aromatic carbocycles. The predicted molar refractivity (Wildman–Crippen MR) is 202 cm³/mol. The van der Waals surface area contributed by atoms with Crippen molar-refractivity contribution in [1.29, 1.82) is 0 Å². The van der Waals surface area contributed by atoms with Gasteiger partial charge in [-0.05, 0) is 109 Å². The summed E-state index contributed by atoms with van der Waals surface area (Å²) in [5.41, 5.74) is 4.45. The molecule has 0 saturated heterocycles. The number of benzene rings is 2. The first-order chi connectivity index (χ1) is 24.7. The van der Waals surface area contributed by atoms with Gasteiger partial charge in [0.05, 0.1) is 42.2 Å². The van der Waals surface area contributed by atoms with Crippen LogP contribution in [0, 0.1) is 17.8 Å². The van der Waals surface area contributed by atoms with Crippen LogP contribution in [0.4, 0.5) is 5.69 Å². The number of rotatable bonds is 3. The summed E-state index contributed by atoms with van der Waals surface area (Å²) >= 11 is 7.85. The number of carbonyl (C=O) groups is 2. The number of methoxy groups -OCH3 is 1. The molecule has 1 fully saturated rings. The van der Waals surface area contributed by atoms with Gasteiger partial charge in [0.1, 0.15) is 15.7 Å². The van der Waals surface area contributed by atoms with Crippen molar-refractivity contribution in [3.63, 3.8) is 0 Å². The van der Waals surface area contributed by atoms with E-state index in [0.29, 0.717) is 65.8 Å². The Hall–Kier alpha value is -3.22. The number of hydrogen-bond donors (Lipinski definition) is 1. The molecule has 7 rings (SSSR count). The summed E-state index contributed by atoms with van der Waals surface area (Å²) in [4.78, 5) is 31.5. The third-order valence-electron chi connectivity index (χ3n) is 10.5. The van der Waals surface area contributed by atoms with E-state index in [9.17, 15) is 13.8 Å². The molecular weight excluding hydrogens is 706 g/mol. The van der Waals surface area contributed by atoms with Gasteiger partial charge in [0.2, 0.25) is 0 Å². The molecule has 0 radical (unpaired) electrons. The monoisotopic (exact) mass is 751 g/mol. The largest absolute Gasteiger partial charge is 0.491 e. The van der Waals surface area contributed by atoms with E-state index in [1.54, 1.807) is 19.2 Å². The average Bonchev–Trinajstić information content (AvgIpc) is 3.53. The summed E-state index contributed by atoms with van der Waals surface area (Å²) < 4.78 is 39.7. The van der Waals surface area contributed by atoms with E-state index in [-0.39, 0.29) is 17.8 Å². The fraction of sp³-hybridized carbons (Fsp3) is 0.487. The van der Waals surface area contributed by atoms with Crippen LogP contribution in [0.1, 0.15) is 80.6 Å². The standard InChI is InChI=1S/C39H46ClN3O6S2/c1-25-6-5-8-34(47-2)32-13-10-29(32)22-43-21-28-9-12-31(40)18-26(28)7-3-4-16-49-35-14-11-27(19-33(35)43)38(44)41-51(46,24-25)42-39(45)37-20-30-23-48-17-15-36(30)50-37/h5,8-9,11-12,14,18-20,25,29,32,34H,3-4,6-7,10,13,15-17,21-24H2,1-2H3,(H,41,42,44,45,46)/b8-5+/t25-,29-,32+,34-,51-/m0/s1. The number of fused-ring (bicyclic) bond motifs is 4. The molecule has 4 heterocycles. The maximum Gasteiger partial charge on any atom is 0.286 e. The Balaban J connectivity index is 1.30. The number of nitrogens with zero attached hydrogens (tertiary/aromatic N) is 2. The quantitative estimate of drug-likeness (QED) is 0.273. The van der Waals surface area contributed by atoms with E-state index in [1.165, 1.54) is 22.5 Å². The molecule has 1 aliphatic carbocycles. The molecule has 9 nitrogen and oxygen atoms in total. The number of halogens is 1. The highest BCUT2D eigenvalue weighted by atomic mass is 35.5. The summed E-state index contributed by atoms with van der Waals surface area (Å²) in [5.74, 6) is 0.132. The van der Waals surface area contributed by atoms with Gasteiger partial charge in [-0.15, -0.1) is 15.7 Å². The number of carbonyl (C=O) groups excluding carboxylic acids is 2. The van der Waals surface area contributed by atoms with Crippen LogP contribution < -0.4 is 14.4 Å². The molecule has 0 spiro atoms. The number of allylic oxidation sites excluding steroid dienone is 1. The molecule has 12 heteroatoms. The van der Waals surface area contributed by atoms with E-state index in [0.717, 1.165) is 61.2 Å². The molecule has 272 valence electrons. The Morgan fingerprint density at radius 1 is 1.08 bits per heavy atom. The van der Waals surface area contributed by atoms with Crippen molar-refractivity contribution in [2.45, 2.75) is 71.1 Å². The van der Waals surface area contributed by atoms with Gasteiger partial charge in [-0.3, -0.25) is 14.3 Å². The van der Waals surface area contributed by atoms with Gasteiger partial charge >= 0.3 is 0 Å². The molecule has 2 amide bonds. The zero-order valence-corrected chi connectivity index (χ0v) is 31.6. The van der Waals surface area contributed by atoms with Crippen molar-refractivity contribution < 1.29 is 28.0 Å². The minimum Gasteiger partial charge on any atom is -0.491 e. The first kappa shape index (κ1) is 36.2. The molecule has 1 saturated carbocycles. The van der Waals surface area contributed by atoms with Crippen molar-refractivity contribution >= 4 is 50.4 Å². The average molecular weight is 752 g/mol. The number of ether oxygens (including phenoxy) is 3. The van der Waals surface area contributed by atoms with Gasteiger partial charge < -0.3 is 19.1 Å². The number of hydrogen-bond acceptors (Lipinski definition) is 8. The van der Waals surface area contributed by atoms with Crippen LogP contribution in [0.25, 0.3) is 0 Å². The Bertz CT molecular complexity index is 1910. The van der Waals surface area contributed by atoms with Crippen molar-refractivity contribution in [2.24, 2.45) is 22.1 Å². The first-order valence-electron chi connectivity index (χ1n) is 18.0. The topological polar surface area (TPSA) is 107 Å². The number of nitrogens with one attached hydrogen (secondary N) is 1. The van der Waals surface area contributed by atoms with Crippen molar-refractivity contribution in [3.05, 3.63) is 91.6 Å². The zero-order valence-electron chi connectivity index (χ0n) is 29.2. The van der Waals surface area contributed by atoms with Crippen LogP contribution >= 0.6 is 22.9 Å². The summed E-state index contributed by atoms with van der Waals surface area (Å²) in [6.45, 7) is 4.90. The number of thiophene rings is 1. The lowest BCUT2D eigenvalue weighted by atomic mass is 9.70. The summed E-state index contributed by atoms with van der Waals surface area (Å²) in [7, 11) is -1.76. The van der Waals surface area contributed by atoms with Crippen molar-refractivity contribution in [3.8, 4) is 5.75 Å². The van der Waals surface area contributed by atoms with E-state index in [4.69, 9.17) is 25.8 Å². The molecule has 51 heavy (non-hydrogen) atoms. The van der Waals surface area contributed by atoms with Crippen molar-refractivity contribution in [1.82, 2.24) is 4.72 Å². The minimum absolute atomic E-state index is 0.0201. The number of anilines is 1. The third kappa shape index (κ3) is 8.38. The maximum absolute atomic E-state index is 14.6. The van der Waals surface area contributed by atoms with E-state index in [1.807, 2.05) is 25.1 Å². The fourth-order valence-corrected chi connectivity index (χ4v) is 10.8. The van der Waals surface area contributed by atoms with Crippen molar-refractivity contribution in [2.75, 3.05) is 37.5 Å². The second kappa shape index (κ2) is 15.8. The molecule has 2 bridgehead atoms.